The number of benzene rings is 1. The first-order chi connectivity index (χ1) is 16.9. The number of rotatable bonds is 6. The Morgan fingerprint density at radius 3 is 2.63 bits per heavy atom. The molecule has 1 aromatic carbocycles. The van der Waals surface area contributed by atoms with Crippen LogP contribution in [0, 0.1) is 6.92 Å². The van der Waals surface area contributed by atoms with E-state index in [1.165, 1.54) is 10.6 Å². The van der Waals surface area contributed by atoms with Crippen LogP contribution in [-0.2, 0) is 9.53 Å². The number of nitrogens with zero attached hydrogens (tertiary/aromatic N) is 4. The zero-order valence-corrected chi connectivity index (χ0v) is 19.4. The van der Waals surface area contributed by atoms with Gasteiger partial charge in [0.1, 0.15) is 6.04 Å². The summed E-state index contributed by atoms with van der Waals surface area (Å²) in [6, 6.07) is 9.19. The van der Waals surface area contributed by atoms with E-state index in [2.05, 4.69) is 15.3 Å². The molecule has 35 heavy (non-hydrogen) atoms. The maximum Gasteiger partial charge on any atom is 0.326 e. The number of hydrogen-bond donors (Lipinski definition) is 2. The molecule has 0 radical (unpaired) electrons. The third kappa shape index (κ3) is 4.49. The van der Waals surface area contributed by atoms with Gasteiger partial charge in [0, 0.05) is 36.7 Å². The van der Waals surface area contributed by atoms with Crippen molar-refractivity contribution in [2.24, 2.45) is 0 Å². The quantitative estimate of drug-likeness (QED) is 0.552. The van der Waals surface area contributed by atoms with Crippen molar-refractivity contribution in [2.45, 2.75) is 44.8 Å². The van der Waals surface area contributed by atoms with Gasteiger partial charge in [-0.1, -0.05) is 0 Å². The third-order valence-electron chi connectivity index (χ3n) is 6.63. The Morgan fingerprint density at radius 1 is 1.11 bits per heavy atom. The van der Waals surface area contributed by atoms with Crippen molar-refractivity contribution < 1.29 is 19.4 Å². The number of anilines is 1. The molecule has 2 aromatic heterocycles. The lowest BCUT2D eigenvalue weighted by Crippen LogP contribution is -2.37. The van der Waals surface area contributed by atoms with Crippen LogP contribution >= 0.6 is 0 Å². The molecule has 10 heteroatoms. The number of amides is 1. The average Bonchev–Trinajstić information content (AvgIpc) is 3.55. The molecule has 2 fully saturated rings. The summed E-state index contributed by atoms with van der Waals surface area (Å²) in [7, 11) is 0. The van der Waals surface area contributed by atoms with Crippen LogP contribution in [0.2, 0.25) is 0 Å². The Balaban J connectivity index is 1.48. The molecule has 0 bridgehead atoms. The van der Waals surface area contributed by atoms with Gasteiger partial charge in [-0.2, -0.15) is 4.98 Å². The number of carbonyl (C=O) groups excluding carboxylic acids is 1. The molecule has 0 saturated carbocycles. The van der Waals surface area contributed by atoms with Crippen molar-refractivity contribution in [3.8, 4) is 5.69 Å². The standard InChI is InChI=1S/C25H27N5O5/c1-15-19-10-11-21(31)30(22(19)28-25(27-15)29-12-2-5-20(29)24(33)34)17-8-6-16(7-9-17)23(32)26-14-18-4-3-13-35-18/h6-11,18,20H,2-5,12-14H2,1H3,(H,26,32)(H,33,34)/t18?,20-/m0/s1. The second-order valence-corrected chi connectivity index (χ2v) is 8.93. The minimum absolute atomic E-state index is 0.0564. The van der Waals surface area contributed by atoms with E-state index in [4.69, 9.17) is 4.74 Å². The van der Waals surface area contributed by atoms with E-state index in [1.54, 1.807) is 35.2 Å². The molecule has 1 amide bonds. The third-order valence-corrected chi connectivity index (χ3v) is 6.63. The van der Waals surface area contributed by atoms with E-state index >= 15 is 0 Å². The predicted octanol–water partition coefficient (Wildman–Crippen LogP) is 2.05. The zero-order chi connectivity index (χ0) is 24.5. The molecule has 2 saturated heterocycles. The van der Waals surface area contributed by atoms with E-state index < -0.39 is 12.0 Å². The number of aliphatic carboxylic acids is 1. The van der Waals surface area contributed by atoms with E-state index in [0.29, 0.717) is 53.4 Å². The number of carbonyl (C=O) groups is 2. The number of carboxylic acids is 1. The number of aromatic nitrogens is 3. The second kappa shape index (κ2) is 9.46. The number of pyridine rings is 1. The molecular formula is C25H27N5O5. The molecule has 2 atom stereocenters. The minimum atomic E-state index is -0.914. The Morgan fingerprint density at radius 2 is 1.91 bits per heavy atom. The summed E-state index contributed by atoms with van der Waals surface area (Å²) in [4.78, 5) is 48.0. The lowest BCUT2D eigenvalue weighted by atomic mass is 10.1. The number of ether oxygens (including phenoxy) is 1. The van der Waals surface area contributed by atoms with Crippen LogP contribution in [0.15, 0.2) is 41.2 Å². The van der Waals surface area contributed by atoms with Gasteiger partial charge in [0.25, 0.3) is 11.5 Å². The smallest absolute Gasteiger partial charge is 0.326 e. The molecule has 2 aliphatic heterocycles. The summed E-state index contributed by atoms with van der Waals surface area (Å²) in [5.74, 6) is -0.821. The molecule has 0 spiro atoms. The first-order valence-corrected chi connectivity index (χ1v) is 11.8. The molecule has 10 nitrogen and oxygen atoms in total. The Kier molecular flexibility index (Phi) is 6.21. The molecule has 3 aromatic rings. The number of aryl methyl sites for hydroxylation is 1. The summed E-state index contributed by atoms with van der Waals surface area (Å²) in [6.45, 7) is 3.55. The van der Waals surface area contributed by atoms with Gasteiger partial charge in [0.2, 0.25) is 5.95 Å². The Bertz CT molecular complexity index is 1330. The van der Waals surface area contributed by atoms with Crippen LogP contribution in [0.3, 0.4) is 0 Å². The van der Waals surface area contributed by atoms with Crippen LogP contribution < -0.4 is 15.8 Å². The zero-order valence-electron chi connectivity index (χ0n) is 19.4. The van der Waals surface area contributed by atoms with Gasteiger partial charge >= 0.3 is 5.97 Å². The lowest BCUT2D eigenvalue weighted by molar-refractivity contribution is -0.138. The van der Waals surface area contributed by atoms with E-state index in [1.807, 2.05) is 6.92 Å². The van der Waals surface area contributed by atoms with Crippen LogP contribution in [0.5, 0.6) is 0 Å². The molecule has 5 rings (SSSR count). The normalized spacial score (nSPS) is 19.9. The van der Waals surface area contributed by atoms with Crippen LogP contribution in [0.4, 0.5) is 5.95 Å². The topological polar surface area (TPSA) is 127 Å². The molecule has 1 unspecified atom stereocenters. The van der Waals surface area contributed by atoms with Crippen molar-refractivity contribution in [3.63, 3.8) is 0 Å². The Labute approximate surface area is 201 Å². The lowest BCUT2D eigenvalue weighted by Gasteiger charge is -2.22. The second-order valence-electron chi connectivity index (χ2n) is 8.93. The number of nitrogens with one attached hydrogen (secondary N) is 1. The summed E-state index contributed by atoms with van der Waals surface area (Å²) in [5.41, 5.74) is 1.80. The largest absolute Gasteiger partial charge is 0.480 e. The number of hydrogen-bond acceptors (Lipinski definition) is 7. The molecule has 0 aliphatic carbocycles. The summed E-state index contributed by atoms with van der Waals surface area (Å²) in [6.07, 6.45) is 3.26. The van der Waals surface area contributed by atoms with Crippen molar-refractivity contribution in [1.82, 2.24) is 19.9 Å². The average molecular weight is 478 g/mol. The predicted molar refractivity (Wildman–Crippen MR) is 129 cm³/mol. The molecule has 2 aliphatic rings. The van der Waals surface area contributed by atoms with Gasteiger partial charge in [-0.3, -0.25) is 14.2 Å². The van der Waals surface area contributed by atoms with Gasteiger partial charge in [-0.25, -0.2) is 9.78 Å². The fourth-order valence-electron chi connectivity index (χ4n) is 4.77. The summed E-state index contributed by atoms with van der Waals surface area (Å²) in [5, 5.41) is 13.2. The number of carboxylic acid groups (broad SMARTS) is 1. The van der Waals surface area contributed by atoms with Crippen molar-refractivity contribution in [1.29, 1.82) is 0 Å². The SMILES string of the molecule is Cc1nc(N2CCC[C@H]2C(=O)O)nc2c1ccc(=O)n2-c1ccc(C(=O)NCC2CCCO2)cc1. The fourth-order valence-corrected chi connectivity index (χ4v) is 4.77. The molecule has 4 heterocycles. The van der Waals surface area contributed by atoms with Gasteiger partial charge < -0.3 is 20.1 Å². The molecule has 2 N–H and O–H groups in total. The highest BCUT2D eigenvalue weighted by molar-refractivity contribution is 5.94. The van der Waals surface area contributed by atoms with Gasteiger partial charge in [0.15, 0.2) is 5.65 Å². The monoisotopic (exact) mass is 477 g/mol. The van der Waals surface area contributed by atoms with Gasteiger partial charge in [-0.05, 0) is 62.9 Å². The molecular weight excluding hydrogens is 450 g/mol. The van der Waals surface area contributed by atoms with E-state index in [0.717, 1.165) is 25.9 Å². The first kappa shape index (κ1) is 23.0. The fraction of sp³-hybridized carbons (Fsp3) is 0.400. The molecule has 182 valence electrons. The highest BCUT2D eigenvalue weighted by Gasteiger charge is 2.33. The van der Waals surface area contributed by atoms with Crippen LogP contribution in [-0.4, -0.2) is 63.4 Å². The minimum Gasteiger partial charge on any atom is -0.480 e. The summed E-state index contributed by atoms with van der Waals surface area (Å²) < 4.78 is 7.01. The number of fused-ring (bicyclic) bond motifs is 1. The van der Waals surface area contributed by atoms with E-state index in [-0.39, 0.29) is 17.6 Å². The van der Waals surface area contributed by atoms with Crippen molar-refractivity contribution >= 4 is 28.9 Å². The maximum atomic E-state index is 12.9. The van der Waals surface area contributed by atoms with E-state index in [9.17, 15) is 19.5 Å². The highest BCUT2D eigenvalue weighted by Crippen LogP contribution is 2.26. The summed E-state index contributed by atoms with van der Waals surface area (Å²) >= 11 is 0. The maximum absolute atomic E-state index is 12.9. The van der Waals surface area contributed by atoms with Crippen molar-refractivity contribution in [3.05, 3.63) is 58.0 Å². The highest BCUT2D eigenvalue weighted by atomic mass is 16.5. The van der Waals surface area contributed by atoms with Crippen LogP contribution in [0.1, 0.15) is 41.7 Å². The van der Waals surface area contributed by atoms with Gasteiger partial charge in [0.05, 0.1) is 17.5 Å². The first-order valence-electron chi connectivity index (χ1n) is 11.8. The van der Waals surface area contributed by atoms with Crippen LogP contribution in [0.25, 0.3) is 16.7 Å². The van der Waals surface area contributed by atoms with Crippen molar-refractivity contribution in [2.75, 3.05) is 24.6 Å². The van der Waals surface area contributed by atoms with Gasteiger partial charge in [-0.15, -0.1) is 0 Å². The Hall–Kier alpha value is -3.79.